The minimum Gasteiger partial charge on any atom is -0.493 e. The summed E-state index contributed by atoms with van der Waals surface area (Å²) >= 11 is 0. The van der Waals surface area contributed by atoms with Gasteiger partial charge in [-0.15, -0.1) is 0 Å². The highest BCUT2D eigenvalue weighted by Crippen LogP contribution is 2.36. The molecule has 4 rings (SSSR count). The maximum atomic E-state index is 10.6. The SMILES string of the molecule is COc1cc2c(NC3CCN(C)CC3)nc(N3CCCN(C)CC3)nc2cc1OCCCCNC(=O)O. The standard InChI is InChI=1S/C26H41N7O4/c1-31-10-6-11-33(15-14-31)25-29-21-18-23(37-16-5-4-9-27-26(34)35)22(36-3)17-20(21)24(30-25)28-19-7-12-32(2)13-8-19/h17-19,27H,4-16H2,1-3H3,(H,34,35)(H,28,29,30). The Morgan fingerprint density at radius 1 is 1.03 bits per heavy atom. The number of hydrogen-bond acceptors (Lipinski definition) is 9. The van der Waals surface area contributed by atoms with Gasteiger partial charge in [-0.3, -0.25) is 0 Å². The summed E-state index contributed by atoms with van der Waals surface area (Å²) in [5.74, 6) is 2.85. The molecule has 1 amide bonds. The molecule has 2 fully saturated rings. The highest BCUT2D eigenvalue weighted by Gasteiger charge is 2.22. The van der Waals surface area contributed by atoms with E-state index in [1.807, 2.05) is 12.1 Å². The minimum atomic E-state index is -1.01. The number of piperidine rings is 1. The number of methoxy groups -OCH3 is 1. The zero-order chi connectivity index (χ0) is 26.2. The quantitative estimate of drug-likeness (QED) is 0.408. The molecule has 0 bridgehead atoms. The van der Waals surface area contributed by atoms with Gasteiger partial charge in [0.05, 0.1) is 19.2 Å². The van der Waals surface area contributed by atoms with Gasteiger partial charge >= 0.3 is 6.09 Å². The number of ether oxygens (including phenoxy) is 2. The number of nitrogens with zero attached hydrogens (tertiary/aromatic N) is 5. The number of nitrogens with one attached hydrogen (secondary N) is 2. The first-order chi connectivity index (χ1) is 17.9. The first-order valence-corrected chi connectivity index (χ1v) is 13.3. The Balaban J connectivity index is 1.59. The molecule has 2 saturated heterocycles. The summed E-state index contributed by atoms with van der Waals surface area (Å²) in [6, 6.07) is 4.27. The minimum absolute atomic E-state index is 0.360. The molecule has 2 aromatic rings. The van der Waals surface area contributed by atoms with Crippen molar-refractivity contribution < 1.29 is 19.4 Å². The number of benzene rings is 1. The number of unbranched alkanes of at least 4 members (excludes halogenated alkanes) is 1. The van der Waals surface area contributed by atoms with Gasteiger partial charge in [-0.2, -0.15) is 4.98 Å². The number of rotatable bonds is 10. The van der Waals surface area contributed by atoms with Crippen LogP contribution in [0.25, 0.3) is 10.9 Å². The fourth-order valence-electron chi connectivity index (χ4n) is 4.85. The van der Waals surface area contributed by atoms with Crippen LogP contribution in [0.15, 0.2) is 12.1 Å². The largest absolute Gasteiger partial charge is 0.493 e. The van der Waals surface area contributed by atoms with E-state index >= 15 is 0 Å². The highest BCUT2D eigenvalue weighted by molar-refractivity contribution is 5.93. The summed E-state index contributed by atoms with van der Waals surface area (Å²) in [5.41, 5.74) is 0.821. The molecule has 0 aliphatic carbocycles. The highest BCUT2D eigenvalue weighted by atomic mass is 16.5. The smallest absolute Gasteiger partial charge is 0.404 e. The Morgan fingerprint density at radius 2 is 1.81 bits per heavy atom. The van der Waals surface area contributed by atoms with Crippen molar-refractivity contribution in [2.24, 2.45) is 0 Å². The van der Waals surface area contributed by atoms with Gasteiger partial charge in [-0.05, 0) is 71.9 Å². The summed E-state index contributed by atoms with van der Waals surface area (Å²) in [5, 5.41) is 15.7. The molecule has 11 heteroatoms. The molecule has 11 nitrogen and oxygen atoms in total. The topological polar surface area (TPSA) is 115 Å². The van der Waals surface area contributed by atoms with E-state index in [0.29, 0.717) is 37.1 Å². The zero-order valence-corrected chi connectivity index (χ0v) is 22.3. The third-order valence-corrected chi connectivity index (χ3v) is 7.14. The van der Waals surface area contributed by atoms with Crippen LogP contribution < -0.4 is 25.0 Å². The van der Waals surface area contributed by atoms with E-state index in [9.17, 15) is 4.79 Å². The molecule has 3 heterocycles. The molecular formula is C26H41N7O4. The van der Waals surface area contributed by atoms with Crippen LogP contribution in [-0.2, 0) is 0 Å². The molecule has 0 unspecified atom stereocenters. The summed E-state index contributed by atoms with van der Waals surface area (Å²) in [6.45, 7) is 6.85. The molecule has 1 aromatic heterocycles. The van der Waals surface area contributed by atoms with Crippen molar-refractivity contribution in [1.82, 2.24) is 25.1 Å². The number of carboxylic acid groups (broad SMARTS) is 1. The molecule has 37 heavy (non-hydrogen) atoms. The molecule has 2 aliphatic rings. The van der Waals surface area contributed by atoms with E-state index in [1.54, 1.807) is 7.11 Å². The predicted octanol–water partition coefficient (Wildman–Crippen LogP) is 2.71. The molecule has 0 radical (unpaired) electrons. The van der Waals surface area contributed by atoms with E-state index in [4.69, 9.17) is 24.5 Å². The lowest BCUT2D eigenvalue weighted by atomic mass is 10.1. The van der Waals surface area contributed by atoms with Gasteiger partial charge in [0.1, 0.15) is 5.82 Å². The number of amides is 1. The fourth-order valence-corrected chi connectivity index (χ4v) is 4.85. The molecular weight excluding hydrogens is 474 g/mol. The lowest BCUT2D eigenvalue weighted by molar-refractivity contribution is 0.194. The van der Waals surface area contributed by atoms with E-state index in [2.05, 4.69) is 39.4 Å². The van der Waals surface area contributed by atoms with Gasteiger partial charge in [0.2, 0.25) is 5.95 Å². The summed E-state index contributed by atoms with van der Waals surface area (Å²) in [7, 11) is 5.96. The van der Waals surface area contributed by atoms with Crippen LogP contribution in [-0.4, -0.2) is 111 Å². The van der Waals surface area contributed by atoms with E-state index < -0.39 is 6.09 Å². The number of likely N-dealkylation sites (tertiary alicyclic amines) is 1. The van der Waals surface area contributed by atoms with Crippen molar-refractivity contribution in [3.63, 3.8) is 0 Å². The first kappa shape index (κ1) is 27.0. The Hall–Kier alpha value is -3.05. The van der Waals surface area contributed by atoms with Crippen LogP contribution in [0.3, 0.4) is 0 Å². The van der Waals surface area contributed by atoms with E-state index in [1.165, 1.54) is 0 Å². The second kappa shape index (κ2) is 13.0. The average molecular weight is 516 g/mol. The second-order valence-electron chi connectivity index (χ2n) is 10.0. The lowest BCUT2D eigenvalue weighted by Gasteiger charge is -2.30. The predicted molar refractivity (Wildman–Crippen MR) is 145 cm³/mol. The molecule has 0 atom stereocenters. The van der Waals surface area contributed by atoms with Gasteiger partial charge in [-0.25, -0.2) is 9.78 Å². The third kappa shape index (κ3) is 7.48. The molecule has 0 saturated carbocycles. The monoisotopic (exact) mass is 515 g/mol. The molecule has 0 spiro atoms. The lowest BCUT2D eigenvalue weighted by Crippen LogP contribution is -2.37. The number of anilines is 2. The second-order valence-corrected chi connectivity index (χ2v) is 10.0. The Kier molecular flexibility index (Phi) is 9.45. The van der Waals surface area contributed by atoms with Crippen molar-refractivity contribution in [3.05, 3.63) is 12.1 Å². The van der Waals surface area contributed by atoms with Crippen LogP contribution in [0.1, 0.15) is 32.1 Å². The molecule has 3 N–H and O–H groups in total. The van der Waals surface area contributed by atoms with E-state index in [-0.39, 0.29) is 0 Å². The van der Waals surface area contributed by atoms with Crippen LogP contribution >= 0.6 is 0 Å². The number of carbonyl (C=O) groups is 1. The van der Waals surface area contributed by atoms with Gasteiger partial charge in [-0.1, -0.05) is 0 Å². The van der Waals surface area contributed by atoms with Crippen LogP contribution in [0.2, 0.25) is 0 Å². The van der Waals surface area contributed by atoms with Crippen molar-refractivity contribution in [1.29, 1.82) is 0 Å². The number of fused-ring (bicyclic) bond motifs is 1. The Bertz CT molecular complexity index is 1050. The Morgan fingerprint density at radius 3 is 2.57 bits per heavy atom. The maximum absolute atomic E-state index is 10.6. The zero-order valence-electron chi connectivity index (χ0n) is 22.3. The molecule has 2 aliphatic heterocycles. The fraction of sp³-hybridized carbons (Fsp3) is 0.654. The summed E-state index contributed by atoms with van der Waals surface area (Å²) in [6.07, 6.45) is 3.63. The van der Waals surface area contributed by atoms with Crippen LogP contribution in [0.5, 0.6) is 11.5 Å². The van der Waals surface area contributed by atoms with Crippen LogP contribution in [0.4, 0.5) is 16.6 Å². The number of likely N-dealkylation sites (N-methyl/N-ethyl adjacent to an activating group) is 1. The summed E-state index contributed by atoms with van der Waals surface area (Å²) in [4.78, 5) is 27.6. The van der Waals surface area contributed by atoms with Crippen molar-refractivity contribution in [2.75, 3.05) is 83.8 Å². The van der Waals surface area contributed by atoms with Crippen molar-refractivity contribution >= 4 is 28.8 Å². The number of hydrogen-bond donors (Lipinski definition) is 3. The molecule has 204 valence electrons. The first-order valence-electron chi connectivity index (χ1n) is 13.3. The summed E-state index contributed by atoms with van der Waals surface area (Å²) < 4.78 is 11.7. The van der Waals surface area contributed by atoms with Gasteiger partial charge < -0.3 is 39.9 Å². The van der Waals surface area contributed by atoms with E-state index in [0.717, 1.165) is 87.6 Å². The van der Waals surface area contributed by atoms with Gasteiger partial charge in [0.15, 0.2) is 11.5 Å². The number of aromatic nitrogens is 2. The van der Waals surface area contributed by atoms with Crippen molar-refractivity contribution in [3.8, 4) is 11.5 Å². The van der Waals surface area contributed by atoms with Gasteiger partial charge in [0, 0.05) is 43.7 Å². The normalized spacial score (nSPS) is 18.0. The molecule has 1 aromatic carbocycles. The maximum Gasteiger partial charge on any atom is 0.404 e. The Labute approximate surface area is 219 Å². The average Bonchev–Trinajstić information content (AvgIpc) is 3.11. The van der Waals surface area contributed by atoms with Crippen molar-refractivity contribution in [2.45, 2.75) is 38.1 Å². The third-order valence-electron chi connectivity index (χ3n) is 7.14. The van der Waals surface area contributed by atoms with Gasteiger partial charge in [0.25, 0.3) is 0 Å². The van der Waals surface area contributed by atoms with Crippen LogP contribution in [0, 0.1) is 0 Å².